The van der Waals surface area contributed by atoms with Crippen LogP contribution in [0.3, 0.4) is 0 Å². The Morgan fingerprint density at radius 2 is 1.88 bits per heavy atom. The van der Waals surface area contributed by atoms with Crippen LogP contribution in [0.15, 0.2) is 67.1 Å². The van der Waals surface area contributed by atoms with Gasteiger partial charge in [-0.05, 0) is 42.9 Å². The number of nitrogens with zero attached hydrogens (tertiary/aromatic N) is 3. The van der Waals surface area contributed by atoms with E-state index < -0.39 is 5.41 Å². The summed E-state index contributed by atoms with van der Waals surface area (Å²) in [5.41, 5.74) is 4.16. The largest absolute Gasteiger partial charge is 0.359 e. The van der Waals surface area contributed by atoms with E-state index in [2.05, 4.69) is 58.6 Å². The van der Waals surface area contributed by atoms with Crippen molar-refractivity contribution in [1.29, 1.82) is 0 Å². The Morgan fingerprint density at radius 1 is 1.09 bits per heavy atom. The number of likely N-dealkylation sites (tertiary alicyclic amines) is 1. The van der Waals surface area contributed by atoms with Gasteiger partial charge in [-0.15, -0.1) is 0 Å². The van der Waals surface area contributed by atoms with Gasteiger partial charge in [-0.25, -0.2) is 4.98 Å². The highest BCUT2D eigenvalue weighted by molar-refractivity contribution is 5.93. The molecule has 0 radical (unpaired) electrons. The number of aromatic nitrogens is 2. The highest BCUT2D eigenvalue weighted by Crippen LogP contribution is 2.37. The van der Waals surface area contributed by atoms with Crippen LogP contribution in [0.4, 0.5) is 0 Å². The number of nitrogens with one attached hydrogen (secondary N) is 1. The predicted molar refractivity (Wildman–Crippen MR) is 124 cm³/mol. The van der Waals surface area contributed by atoms with Gasteiger partial charge in [-0.2, -0.15) is 0 Å². The second kappa shape index (κ2) is 9.30. The molecule has 0 aliphatic carbocycles. The molecule has 1 N–H and O–H groups in total. The van der Waals surface area contributed by atoms with E-state index >= 15 is 0 Å². The summed E-state index contributed by atoms with van der Waals surface area (Å²) in [6.07, 6.45) is 6.57. The van der Waals surface area contributed by atoms with E-state index in [1.54, 1.807) is 18.1 Å². The van der Waals surface area contributed by atoms with Crippen molar-refractivity contribution in [2.45, 2.75) is 26.2 Å². The third-order valence-corrected chi connectivity index (χ3v) is 6.26. The van der Waals surface area contributed by atoms with Crippen molar-refractivity contribution < 1.29 is 9.59 Å². The lowest BCUT2D eigenvalue weighted by atomic mass is 9.73. The number of carbonyl (C=O) groups excluding carboxylic acids is 2. The summed E-state index contributed by atoms with van der Waals surface area (Å²) in [4.78, 5) is 36.2. The van der Waals surface area contributed by atoms with Gasteiger partial charge in [0.1, 0.15) is 5.69 Å². The Labute approximate surface area is 188 Å². The van der Waals surface area contributed by atoms with Gasteiger partial charge in [0.05, 0.1) is 11.6 Å². The van der Waals surface area contributed by atoms with Crippen LogP contribution in [0.1, 0.15) is 34.5 Å². The summed E-state index contributed by atoms with van der Waals surface area (Å²) in [6.45, 7) is 3.03. The number of rotatable bonds is 5. The average molecular weight is 429 g/mol. The van der Waals surface area contributed by atoms with E-state index in [1.165, 1.54) is 18.0 Å². The molecule has 2 aromatic carbocycles. The molecule has 6 heteroatoms. The topological polar surface area (TPSA) is 75.2 Å². The Morgan fingerprint density at radius 3 is 2.59 bits per heavy atom. The zero-order valence-electron chi connectivity index (χ0n) is 18.5. The SMILES string of the molecule is CNC(=O)C1(Cc2ccccc2-c2ccc(C)cc2)CCCN(C(=O)c2cnccn2)C1. The molecule has 1 unspecified atom stereocenters. The van der Waals surface area contributed by atoms with Crippen molar-refractivity contribution in [3.8, 4) is 11.1 Å². The average Bonchev–Trinajstić information content (AvgIpc) is 2.84. The Kier molecular flexibility index (Phi) is 6.30. The second-order valence-electron chi connectivity index (χ2n) is 8.48. The first-order valence-corrected chi connectivity index (χ1v) is 10.9. The van der Waals surface area contributed by atoms with E-state index in [9.17, 15) is 9.59 Å². The Hall–Kier alpha value is -3.54. The predicted octanol–water partition coefficient (Wildman–Crippen LogP) is 3.66. The van der Waals surface area contributed by atoms with Crippen LogP contribution >= 0.6 is 0 Å². The number of benzene rings is 2. The monoisotopic (exact) mass is 428 g/mol. The first-order chi connectivity index (χ1) is 15.5. The third kappa shape index (κ3) is 4.40. The van der Waals surface area contributed by atoms with Gasteiger partial charge >= 0.3 is 0 Å². The fraction of sp³-hybridized carbons (Fsp3) is 0.308. The molecule has 1 saturated heterocycles. The van der Waals surface area contributed by atoms with E-state index in [1.807, 2.05) is 12.1 Å². The van der Waals surface area contributed by atoms with Crippen LogP contribution in [-0.4, -0.2) is 46.8 Å². The number of hydrogen-bond donors (Lipinski definition) is 1. The highest BCUT2D eigenvalue weighted by Gasteiger charge is 2.43. The van der Waals surface area contributed by atoms with Crippen molar-refractivity contribution in [3.63, 3.8) is 0 Å². The summed E-state index contributed by atoms with van der Waals surface area (Å²) < 4.78 is 0. The zero-order valence-corrected chi connectivity index (χ0v) is 18.5. The summed E-state index contributed by atoms with van der Waals surface area (Å²) in [6, 6.07) is 16.7. The zero-order chi connectivity index (χ0) is 22.6. The number of carbonyl (C=O) groups is 2. The van der Waals surface area contributed by atoms with E-state index in [0.717, 1.165) is 29.5 Å². The molecule has 1 aliphatic heterocycles. The molecule has 0 spiro atoms. The van der Waals surface area contributed by atoms with Crippen LogP contribution in [0.25, 0.3) is 11.1 Å². The summed E-state index contributed by atoms with van der Waals surface area (Å²) >= 11 is 0. The fourth-order valence-electron chi connectivity index (χ4n) is 4.61. The van der Waals surface area contributed by atoms with Gasteiger partial charge in [-0.3, -0.25) is 14.6 Å². The van der Waals surface area contributed by atoms with Crippen LogP contribution in [0.5, 0.6) is 0 Å². The molecule has 0 saturated carbocycles. The van der Waals surface area contributed by atoms with Crippen LogP contribution in [0, 0.1) is 12.3 Å². The third-order valence-electron chi connectivity index (χ3n) is 6.26. The van der Waals surface area contributed by atoms with Crippen molar-refractivity contribution in [1.82, 2.24) is 20.2 Å². The lowest BCUT2D eigenvalue weighted by Crippen LogP contribution is -2.54. The van der Waals surface area contributed by atoms with Gasteiger partial charge in [0.2, 0.25) is 5.91 Å². The summed E-state index contributed by atoms with van der Waals surface area (Å²) in [5.74, 6) is -0.217. The van der Waals surface area contributed by atoms with Gasteiger partial charge in [0, 0.05) is 32.5 Å². The molecule has 164 valence electrons. The van der Waals surface area contributed by atoms with Crippen LogP contribution in [-0.2, 0) is 11.2 Å². The highest BCUT2D eigenvalue weighted by atomic mass is 16.2. The molecular weight excluding hydrogens is 400 g/mol. The van der Waals surface area contributed by atoms with Crippen LogP contribution < -0.4 is 5.32 Å². The molecule has 0 bridgehead atoms. The Balaban J connectivity index is 1.67. The molecule has 2 amide bonds. The fourth-order valence-corrected chi connectivity index (χ4v) is 4.61. The van der Waals surface area contributed by atoms with E-state index in [0.29, 0.717) is 25.2 Å². The van der Waals surface area contributed by atoms with Crippen molar-refractivity contribution in [3.05, 3.63) is 83.9 Å². The Bertz CT molecular complexity index is 1100. The number of hydrogen-bond acceptors (Lipinski definition) is 4. The lowest BCUT2D eigenvalue weighted by molar-refractivity contribution is -0.133. The molecule has 1 atom stereocenters. The summed E-state index contributed by atoms with van der Waals surface area (Å²) in [5, 5.41) is 2.86. The molecule has 1 aromatic heterocycles. The van der Waals surface area contributed by atoms with Crippen molar-refractivity contribution in [2.24, 2.45) is 5.41 Å². The first kappa shape index (κ1) is 21.7. The normalized spacial score (nSPS) is 18.2. The van der Waals surface area contributed by atoms with Gasteiger partial charge < -0.3 is 10.2 Å². The molecule has 1 aliphatic rings. The minimum Gasteiger partial charge on any atom is -0.359 e. The molecule has 3 aromatic rings. The first-order valence-electron chi connectivity index (χ1n) is 10.9. The van der Waals surface area contributed by atoms with E-state index in [-0.39, 0.29) is 11.8 Å². The minimum absolute atomic E-state index is 0.0344. The molecular formula is C26H28N4O2. The smallest absolute Gasteiger partial charge is 0.274 e. The quantitative estimate of drug-likeness (QED) is 0.673. The van der Waals surface area contributed by atoms with Crippen molar-refractivity contribution >= 4 is 11.8 Å². The summed E-state index contributed by atoms with van der Waals surface area (Å²) in [7, 11) is 1.67. The molecule has 2 heterocycles. The van der Waals surface area contributed by atoms with Gasteiger partial charge in [-0.1, -0.05) is 54.1 Å². The molecule has 6 nitrogen and oxygen atoms in total. The lowest BCUT2D eigenvalue weighted by Gasteiger charge is -2.41. The maximum atomic E-state index is 13.2. The van der Waals surface area contributed by atoms with E-state index in [4.69, 9.17) is 0 Å². The van der Waals surface area contributed by atoms with Crippen LogP contribution in [0.2, 0.25) is 0 Å². The number of aryl methyl sites for hydroxylation is 1. The van der Waals surface area contributed by atoms with Gasteiger partial charge in [0.15, 0.2) is 0 Å². The number of amides is 2. The minimum atomic E-state index is -0.703. The number of piperidine rings is 1. The molecule has 1 fully saturated rings. The maximum absolute atomic E-state index is 13.2. The molecule has 4 rings (SSSR count). The van der Waals surface area contributed by atoms with Gasteiger partial charge in [0.25, 0.3) is 5.91 Å². The molecule has 32 heavy (non-hydrogen) atoms. The standard InChI is InChI=1S/C26H28N4O2/c1-19-8-10-20(11-9-19)22-7-4-3-6-21(22)16-26(25(32)27-2)12-5-15-30(18-26)24(31)23-17-28-13-14-29-23/h3-4,6-11,13-14,17H,5,12,15-16,18H2,1-2H3,(H,27,32). The van der Waals surface area contributed by atoms with Crippen molar-refractivity contribution in [2.75, 3.05) is 20.1 Å². The second-order valence-corrected chi connectivity index (χ2v) is 8.48. The maximum Gasteiger partial charge on any atom is 0.274 e.